The van der Waals surface area contributed by atoms with Crippen molar-refractivity contribution in [2.75, 3.05) is 6.54 Å². The maximum atomic E-state index is 12.2. The quantitative estimate of drug-likeness (QED) is 0.851. The second-order valence-electron chi connectivity index (χ2n) is 5.98. The number of urea groups is 1. The van der Waals surface area contributed by atoms with Gasteiger partial charge in [0.15, 0.2) is 5.82 Å². The highest BCUT2D eigenvalue weighted by Gasteiger charge is 2.17. The number of carbonyl (C=O) groups excluding carboxylic acids is 1. The molecule has 1 fully saturated rings. The van der Waals surface area contributed by atoms with Crippen molar-refractivity contribution >= 4 is 6.03 Å². The van der Waals surface area contributed by atoms with Gasteiger partial charge in [0.2, 0.25) is 0 Å². The van der Waals surface area contributed by atoms with E-state index in [1.165, 1.54) is 22.1 Å². The molecule has 24 heavy (non-hydrogen) atoms. The van der Waals surface area contributed by atoms with Gasteiger partial charge in [-0.05, 0) is 25.0 Å². The molecule has 3 rings (SSSR count). The average Bonchev–Trinajstić information content (AvgIpc) is 3.19. The molecule has 0 radical (unpaired) electrons. The van der Waals surface area contributed by atoms with E-state index < -0.39 is 0 Å². The molecule has 0 spiro atoms. The zero-order valence-electron chi connectivity index (χ0n) is 13.7. The third-order valence-corrected chi connectivity index (χ3v) is 4.23. The maximum absolute atomic E-state index is 12.2. The van der Waals surface area contributed by atoms with Crippen LogP contribution in [0, 0.1) is 0 Å². The minimum Gasteiger partial charge on any atom is -0.336 e. The Bertz CT molecular complexity index is 746. The van der Waals surface area contributed by atoms with Crippen LogP contribution < -0.4 is 16.3 Å². The fourth-order valence-corrected chi connectivity index (χ4v) is 2.93. The predicted octanol–water partition coefficient (Wildman–Crippen LogP) is 0.886. The fourth-order valence-electron chi connectivity index (χ4n) is 2.93. The highest BCUT2D eigenvalue weighted by Crippen LogP contribution is 2.17. The Morgan fingerprint density at radius 2 is 2.12 bits per heavy atom. The van der Waals surface area contributed by atoms with Crippen LogP contribution in [0.5, 0.6) is 0 Å². The van der Waals surface area contributed by atoms with Crippen LogP contribution in [0.2, 0.25) is 0 Å². The van der Waals surface area contributed by atoms with Crippen LogP contribution in [-0.2, 0) is 13.6 Å². The van der Waals surface area contributed by atoms with Crippen LogP contribution in [-0.4, -0.2) is 37.9 Å². The third kappa shape index (κ3) is 3.64. The van der Waals surface area contributed by atoms with Crippen molar-refractivity contribution in [3.63, 3.8) is 0 Å². The molecule has 2 aromatic rings. The van der Waals surface area contributed by atoms with E-state index in [0.717, 1.165) is 12.8 Å². The SMILES string of the molecule is Cn1c(-c2ccccn2)nn(CCNC(=O)NC2CCCC2)c1=O. The van der Waals surface area contributed by atoms with Crippen molar-refractivity contribution in [3.8, 4) is 11.5 Å². The van der Waals surface area contributed by atoms with Crippen LogP contribution >= 0.6 is 0 Å². The Labute approximate surface area is 139 Å². The summed E-state index contributed by atoms with van der Waals surface area (Å²) >= 11 is 0. The lowest BCUT2D eigenvalue weighted by atomic mass is 10.2. The Morgan fingerprint density at radius 3 is 2.83 bits per heavy atom. The Balaban J connectivity index is 1.57. The number of aromatic nitrogens is 4. The highest BCUT2D eigenvalue weighted by molar-refractivity contribution is 5.74. The number of nitrogens with zero attached hydrogens (tertiary/aromatic N) is 4. The summed E-state index contributed by atoms with van der Waals surface area (Å²) in [5.74, 6) is 0.510. The Morgan fingerprint density at radius 1 is 1.33 bits per heavy atom. The van der Waals surface area contributed by atoms with Gasteiger partial charge in [0, 0.05) is 25.8 Å². The van der Waals surface area contributed by atoms with Gasteiger partial charge in [0.05, 0.1) is 6.54 Å². The largest absolute Gasteiger partial charge is 0.346 e. The van der Waals surface area contributed by atoms with Crippen molar-refractivity contribution in [2.45, 2.75) is 38.3 Å². The molecule has 0 saturated heterocycles. The van der Waals surface area contributed by atoms with Gasteiger partial charge in [0.25, 0.3) is 0 Å². The molecule has 1 saturated carbocycles. The summed E-state index contributed by atoms with van der Waals surface area (Å²) < 4.78 is 2.81. The lowest BCUT2D eigenvalue weighted by Crippen LogP contribution is -2.42. The monoisotopic (exact) mass is 330 g/mol. The first kappa shape index (κ1) is 16.2. The first-order chi connectivity index (χ1) is 11.6. The Hall–Kier alpha value is -2.64. The number of hydrogen-bond donors (Lipinski definition) is 2. The van der Waals surface area contributed by atoms with Gasteiger partial charge in [-0.2, -0.15) is 0 Å². The normalized spacial score (nSPS) is 14.7. The molecule has 128 valence electrons. The van der Waals surface area contributed by atoms with E-state index in [-0.39, 0.29) is 17.8 Å². The zero-order valence-corrected chi connectivity index (χ0v) is 13.7. The van der Waals surface area contributed by atoms with E-state index in [1.807, 2.05) is 12.1 Å². The van der Waals surface area contributed by atoms with Crippen LogP contribution in [0.25, 0.3) is 11.5 Å². The molecule has 2 amide bonds. The number of rotatable bonds is 5. The molecular weight excluding hydrogens is 308 g/mol. The van der Waals surface area contributed by atoms with E-state index in [1.54, 1.807) is 19.3 Å². The van der Waals surface area contributed by atoms with E-state index in [9.17, 15) is 9.59 Å². The number of hydrogen-bond acceptors (Lipinski definition) is 4. The second-order valence-corrected chi connectivity index (χ2v) is 5.98. The van der Waals surface area contributed by atoms with Gasteiger partial charge in [-0.25, -0.2) is 14.3 Å². The molecule has 8 heteroatoms. The minimum atomic E-state index is -0.228. The standard InChI is InChI=1S/C16H22N6O2/c1-21-14(13-8-4-5-9-17-13)20-22(16(21)24)11-10-18-15(23)19-12-6-2-3-7-12/h4-5,8-9,12H,2-3,6-7,10-11H2,1H3,(H2,18,19,23). The minimum absolute atomic E-state index is 0.184. The third-order valence-electron chi connectivity index (χ3n) is 4.23. The zero-order chi connectivity index (χ0) is 16.9. The van der Waals surface area contributed by atoms with Crippen LogP contribution in [0.15, 0.2) is 29.2 Å². The van der Waals surface area contributed by atoms with Crippen molar-refractivity contribution in [3.05, 3.63) is 34.9 Å². The summed E-state index contributed by atoms with van der Waals surface area (Å²) in [6.45, 7) is 0.661. The van der Waals surface area contributed by atoms with E-state index in [0.29, 0.717) is 24.6 Å². The fraction of sp³-hybridized carbons (Fsp3) is 0.500. The molecule has 0 atom stereocenters. The van der Waals surface area contributed by atoms with Crippen molar-refractivity contribution in [1.82, 2.24) is 30.0 Å². The first-order valence-electron chi connectivity index (χ1n) is 8.25. The van der Waals surface area contributed by atoms with Crippen LogP contribution in [0.3, 0.4) is 0 Å². The topological polar surface area (TPSA) is 93.8 Å². The lowest BCUT2D eigenvalue weighted by Gasteiger charge is -2.12. The molecule has 0 bridgehead atoms. The second kappa shape index (κ2) is 7.29. The number of pyridine rings is 1. The first-order valence-corrected chi connectivity index (χ1v) is 8.25. The van der Waals surface area contributed by atoms with Gasteiger partial charge in [-0.1, -0.05) is 18.9 Å². The number of carbonyl (C=O) groups is 1. The van der Waals surface area contributed by atoms with Gasteiger partial charge < -0.3 is 10.6 Å². The molecule has 2 aromatic heterocycles. The van der Waals surface area contributed by atoms with Crippen molar-refractivity contribution < 1.29 is 4.79 Å². The number of amides is 2. The van der Waals surface area contributed by atoms with E-state index in [4.69, 9.17) is 0 Å². The summed E-state index contributed by atoms with van der Waals surface area (Å²) in [7, 11) is 1.66. The smallest absolute Gasteiger partial charge is 0.336 e. The molecule has 2 N–H and O–H groups in total. The van der Waals surface area contributed by atoms with E-state index in [2.05, 4.69) is 20.7 Å². The predicted molar refractivity (Wildman–Crippen MR) is 89.5 cm³/mol. The summed E-state index contributed by atoms with van der Waals surface area (Å²) in [6.07, 6.45) is 6.09. The van der Waals surface area contributed by atoms with Gasteiger partial charge in [0.1, 0.15) is 5.69 Å². The average molecular weight is 330 g/mol. The van der Waals surface area contributed by atoms with E-state index >= 15 is 0 Å². The summed E-state index contributed by atoms with van der Waals surface area (Å²) in [5.41, 5.74) is 0.413. The lowest BCUT2D eigenvalue weighted by molar-refractivity contribution is 0.236. The molecule has 0 unspecified atom stereocenters. The van der Waals surface area contributed by atoms with Gasteiger partial charge in [-0.15, -0.1) is 5.10 Å². The Kier molecular flexibility index (Phi) is 4.93. The molecular formula is C16H22N6O2. The van der Waals surface area contributed by atoms with Crippen LogP contribution in [0.1, 0.15) is 25.7 Å². The molecule has 1 aliphatic rings. The molecule has 1 aliphatic carbocycles. The summed E-state index contributed by atoms with van der Waals surface area (Å²) in [5, 5.41) is 10.0. The van der Waals surface area contributed by atoms with Crippen molar-refractivity contribution in [1.29, 1.82) is 0 Å². The highest BCUT2D eigenvalue weighted by atomic mass is 16.2. The summed E-state index contributed by atoms with van der Waals surface area (Å²) in [4.78, 5) is 28.3. The summed E-state index contributed by atoms with van der Waals surface area (Å²) in [6, 6.07) is 5.56. The molecule has 2 heterocycles. The molecule has 0 aliphatic heterocycles. The van der Waals surface area contributed by atoms with Crippen LogP contribution in [0.4, 0.5) is 4.79 Å². The van der Waals surface area contributed by atoms with Crippen molar-refractivity contribution in [2.24, 2.45) is 7.05 Å². The van der Waals surface area contributed by atoms with Gasteiger partial charge >= 0.3 is 11.7 Å². The maximum Gasteiger partial charge on any atom is 0.346 e. The molecule has 0 aromatic carbocycles. The molecule has 8 nitrogen and oxygen atoms in total. The van der Waals surface area contributed by atoms with Gasteiger partial charge in [-0.3, -0.25) is 9.55 Å². The number of nitrogens with one attached hydrogen (secondary N) is 2.